The van der Waals surface area contributed by atoms with E-state index in [1.807, 2.05) is 36.1 Å². The number of nitrogens with zero attached hydrogens (tertiary/aromatic N) is 4. The van der Waals surface area contributed by atoms with Crippen LogP contribution in [0.15, 0.2) is 41.7 Å². The summed E-state index contributed by atoms with van der Waals surface area (Å²) in [5.74, 6) is 1.49. The van der Waals surface area contributed by atoms with Crippen molar-refractivity contribution in [2.75, 3.05) is 26.7 Å². The normalized spacial score (nSPS) is 17.2. The fraction of sp³-hybridized carbons (Fsp3) is 0.421. The molecule has 27 heavy (non-hydrogen) atoms. The van der Waals surface area contributed by atoms with Crippen molar-refractivity contribution in [3.8, 4) is 5.75 Å². The predicted molar refractivity (Wildman–Crippen MR) is 103 cm³/mol. The highest BCUT2D eigenvalue weighted by atomic mass is 16.5. The molecule has 1 aliphatic rings. The first kappa shape index (κ1) is 18.8. The molecule has 0 radical (unpaired) electrons. The average Bonchev–Trinajstić information content (AvgIpc) is 3.30. The molecule has 1 aromatic carbocycles. The second-order valence-electron chi connectivity index (χ2n) is 6.68. The van der Waals surface area contributed by atoms with Gasteiger partial charge in [0.05, 0.1) is 6.20 Å². The molecule has 1 saturated heterocycles. The van der Waals surface area contributed by atoms with Crippen LogP contribution in [0.3, 0.4) is 0 Å². The van der Waals surface area contributed by atoms with Crippen LogP contribution in [0, 0.1) is 0 Å². The number of aliphatic imine (C=N–C) groups is 1. The van der Waals surface area contributed by atoms with Crippen LogP contribution >= 0.6 is 0 Å². The summed E-state index contributed by atoms with van der Waals surface area (Å²) < 4.78 is 7.20. The number of carbonyl (C=O) groups is 1. The first-order chi connectivity index (χ1) is 13.0. The summed E-state index contributed by atoms with van der Waals surface area (Å²) >= 11 is 0. The smallest absolute Gasteiger partial charge is 0.255 e. The van der Waals surface area contributed by atoms with Gasteiger partial charge in [-0.3, -0.25) is 14.5 Å². The molecule has 3 rings (SSSR count). The van der Waals surface area contributed by atoms with Gasteiger partial charge in [-0.15, -0.1) is 0 Å². The molecule has 144 valence electrons. The van der Waals surface area contributed by atoms with E-state index in [2.05, 4.69) is 26.5 Å². The number of aryl methyl sites for hydroxylation is 1. The van der Waals surface area contributed by atoms with Crippen LogP contribution in [-0.4, -0.2) is 53.3 Å². The third-order valence-corrected chi connectivity index (χ3v) is 4.63. The Morgan fingerprint density at radius 1 is 1.48 bits per heavy atom. The van der Waals surface area contributed by atoms with Crippen molar-refractivity contribution in [3.05, 3.63) is 47.8 Å². The summed E-state index contributed by atoms with van der Waals surface area (Å²) in [7, 11) is 3.74. The van der Waals surface area contributed by atoms with Gasteiger partial charge in [0.1, 0.15) is 5.75 Å². The van der Waals surface area contributed by atoms with E-state index in [1.54, 1.807) is 13.1 Å². The maximum atomic E-state index is 10.8. The number of ether oxygens (including phenoxy) is 1. The van der Waals surface area contributed by atoms with Crippen LogP contribution < -0.4 is 15.8 Å². The van der Waals surface area contributed by atoms with E-state index in [1.165, 1.54) is 5.56 Å². The summed E-state index contributed by atoms with van der Waals surface area (Å²) in [6, 6.07) is 7.59. The minimum Gasteiger partial charge on any atom is -0.484 e. The summed E-state index contributed by atoms with van der Waals surface area (Å²) in [5.41, 5.74) is 7.43. The van der Waals surface area contributed by atoms with Gasteiger partial charge in [0.2, 0.25) is 0 Å². The Kier molecular flexibility index (Phi) is 5.95. The number of nitrogens with one attached hydrogen (secondary N) is 1. The van der Waals surface area contributed by atoms with Crippen molar-refractivity contribution in [2.45, 2.75) is 18.9 Å². The van der Waals surface area contributed by atoms with Gasteiger partial charge >= 0.3 is 0 Å². The molecule has 1 amide bonds. The van der Waals surface area contributed by atoms with Crippen LogP contribution in [0.1, 0.15) is 23.5 Å². The number of primary amides is 1. The van der Waals surface area contributed by atoms with Crippen LogP contribution in [0.2, 0.25) is 0 Å². The molecular formula is C19H26N6O2. The fourth-order valence-electron chi connectivity index (χ4n) is 3.29. The van der Waals surface area contributed by atoms with E-state index < -0.39 is 5.91 Å². The van der Waals surface area contributed by atoms with Crippen molar-refractivity contribution in [3.63, 3.8) is 0 Å². The summed E-state index contributed by atoms with van der Waals surface area (Å²) in [6.07, 6.45) is 5.12. The van der Waals surface area contributed by atoms with Gasteiger partial charge in [-0.2, -0.15) is 5.10 Å². The summed E-state index contributed by atoms with van der Waals surface area (Å²) in [6.45, 7) is 2.38. The Bertz CT molecular complexity index is 816. The Balaban J connectivity index is 1.55. The van der Waals surface area contributed by atoms with Gasteiger partial charge in [0.15, 0.2) is 12.6 Å². The maximum Gasteiger partial charge on any atom is 0.255 e. The number of carbonyl (C=O) groups excluding carboxylic acids is 1. The quantitative estimate of drug-likeness (QED) is 0.580. The fourth-order valence-corrected chi connectivity index (χ4v) is 3.29. The topological polar surface area (TPSA) is 97.8 Å². The molecule has 1 atom stereocenters. The molecule has 1 aromatic heterocycles. The number of hydrogen-bond acceptors (Lipinski definition) is 4. The zero-order valence-electron chi connectivity index (χ0n) is 15.8. The van der Waals surface area contributed by atoms with Gasteiger partial charge in [0, 0.05) is 45.8 Å². The Labute approximate surface area is 159 Å². The van der Waals surface area contributed by atoms with Crippen molar-refractivity contribution >= 4 is 11.9 Å². The van der Waals surface area contributed by atoms with E-state index in [0.29, 0.717) is 18.2 Å². The molecule has 3 N–H and O–H groups in total. The molecule has 1 fully saturated rings. The molecule has 8 nitrogen and oxygen atoms in total. The molecule has 2 heterocycles. The number of hydrogen-bond donors (Lipinski definition) is 2. The molecular weight excluding hydrogens is 344 g/mol. The molecule has 2 aromatic rings. The van der Waals surface area contributed by atoms with E-state index >= 15 is 0 Å². The lowest BCUT2D eigenvalue weighted by molar-refractivity contribution is -0.119. The Morgan fingerprint density at radius 2 is 2.33 bits per heavy atom. The number of aromatic nitrogens is 2. The zero-order chi connectivity index (χ0) is 19.2. The lowest BCUT2D eigenvalue weighted by Gasteiger charge is -2.21. The lowest BCUT2D eigenvalue weighted by Crippen LogP contribution is -2.39. The second kappa shape index (κ2) is 8.57. The van der Waals surface area contributed by atoms with Gasteiger partial charge in [-0.25, -0.2) is 0 Å². The highest BCUT2D eigenvalue weighted by Gasteiger charge is 2.26. The third kappa shape index (κ3) is 4.99. The standard InChI is InChI=1S/C19H26N6O2/c1-21-19(25-7-6-15(12-25)16-10-23-24(2)11-16)22-9-14-4-3-5-17(8-14)27-13-18(20)26/h3-5,8,10-11,15H,6-7,9,12-13H2,1-2H3,(H2,20,26)(H,21,22). The van der Waals surface area contributed by atoms with E-state index in [9.17, 15) is 4.79 Å². The zero-order valence-corrected chi connectivity index (χ0v) is 15.8. The maximum absolute atomic E-state index is 10.8. The molecule has 8 heteroatoms. The average molecular weight is 370 g/mol. The van der Waals surface area contributed by atoms with Crippen molar-refractivity contribution in [2.24, 2.45) is 17.8 Å². The Morgan fingerprint density at radius 3 is 3.04 bits per heavy atom. The van der Waals surface area contributed by atoms with Gasteiger partial charge in [-0.1, -0.05) is 12.1 Å². The number of guanidine groups is 1. The minimum atomic E-state index is -0.490. The largest absolute Gasteiger partial charge is 0.484 e. The van der Waals surface area contributed by atoms with Crippen LogP contribution in [-0.2, 0) is 18.4 Å². The molecule has 1 aliphatic heterocycles. The third-order valence-electron chi connectivity index (χ3n) is 4.63. The van der Waals surface area contributed by atoms with Gasteiger partial charge in [-0.05, 0) is 29.7 Å². The monoisotopic (exact) mass is 370 g/mol. The van der Waals surface area contributed by atoms with Crippen LogP contribution in [0.5, 0.6) is 5.75 Å². The number of rotatable bonds is 6. The first-order valence-electron chi connectivity index (χ1n) is 8.99. The molecule has 0 saturated carbocycles. The highest BCUT2D eigenvalue weighted by Crippen LogP contribution is 2.26. The first-order valence-corrected chi connectivity index (χ1v) is 8.99. The van der Waals surface area contributed by atoms with Crippen molar-refractivity contribution in [1.29, 1.82) is 0 Å². The van der Waals surface area contributed by atoms with Gasteiger partial charge in [0.25, 0.3) is 5.91 Å². The number of likely N-dealkylation sites (tertiary alicyclic amines) is 1. The highest BCUT2D eigenvalue weighted by molar-refractivity contribution is 5.80. The summed E-state index contributed by atoms with van der Waals surface area (Å²) in [5, 5.41) is 7.68. The molecule has 0 bridgehead atoms. The predicted octanol–water partition coefficient (Wildman–Crippen LogP) is 0.849. The second-order valence-corrected chi connectivity index (χ2v) is 6.68. The van der Waals surface area contributed by atoms with Crippen LogP contribution in [0.25, 0.3) is 0 Å². The number of benzene rings is 1. The molecule has 0 aliphatic carbocycles. The van der Waals surface area contributed by atoms with Crippen molar-refractivity contribution in [1.82, 2.24) is 20.0 Å². The van der Waals surface area contributed by atoms with E-state index in [0.717, 1.165) is 31.0 Å². The van der Waals surface area contributed by atoms with E-state index in [4.69, 9.17) is 10.5 Å². The minimum absolute atomic E-state index is 0.123. The lowest BCUT2D eigenvalue weighted by atomic mass is 10.0. The summed E-state index contributed by atoms with van der Waals surface area (Å²) in [4.78, 5) is 17.5. The van der Waals surface area contributed by atoms with E-state index in [-0.39, 0.29) is 6.61 Å². The number of amides is 1. The molecule has 0 spiro atoms. The van der Waals surface area contributed by atoms with Gasteiger partial charge < -0.3 is 20.7 Å². The molecule has 1 unspecified atom stereocenters. The van der Waals surface area contributed by atoms with Crippen LogP contribution in [0.4, 0.5) is 0 Å². The number of nitrogens with two attached hydrogens (primary N) is 1. The van der Waals surface area contributed by atoms with Crippen molar-refractivity contribution < 1.29 is 9.53 Å². The SMILES string of the molecule is CN=C(NCc1cccc(OCC(N)=O)c1)N1CCC(c2cnn(C)c2)C1. The Hall–Kier alpha value is -3.03.